The molecule has 2 heterocycles. The first kappa shape index (κ1) is 13.9. The summed E-state index contributed by atoms with van der Waals surface area (Å²) in [6.07, 6.45) is 3.16. The smallest absolute Gasteiger partial charge is 0.267 e. The summed E-state index contributed by atoms with van der Waals surface area (Å²) < 4.78 is 0.999. The van der Waals surface area contributed by atoms with Crippen LogP contribution in [0.25, 0.3) is 10.9 Å². The molecule has 0 aliphatic heterocycles. The van der Waals surface area contributed by atoms with Crippen molar-refractivity contribution in [2.75, 3.05) is 0 Å². The summed E-state index contributed by atoms with van der Waals surface area (Å²) >= 11 is 4.90. The molecule has 1 amide bonds. The van der Waals surface area contributed by atoms with Gasteiger partial charge in [0.25, 0.3) is 5.91 Å². The van der Waals surface area contributed by atoms with E-state index in [2.05, 4.69) is 31.4 Å². The van der Waals surface area contributed by atoms with Crippen molar-refractivity contribution in [2.24, 2.45) is 5.10 Å². The van der Waals surface area contributed by atoms with Crippen molar-refractivity contribution in [1.29, 1.82) is 0 Å². The number of halogens is 1. The molecule has 0 radical (unpaired) electrons. The number of amides is 1. The van der Waals surface area contributed by atoms with Crippen LogP contribution < -0.4 is 5.43 Å². The van der Waals surface area contributed by atoms with Crippen molar-refractivity contribution in [3.8, 4) is 0 Å². The monoisotopic (exact) mass is 359 g/mol. The Bertz CT molecular complexity index is 828. The van der Waals surface area contributed by atoms with Gasteiger partial charge in [0.05, 0.1) is 17.3 Å². The van der Waals surface area contributed by atoms with Crippen molar-refractivity contribution in [3.63, 3.8) is 0 Å². The number of para-hydroxylation sites is 1. The van der Waals surface area contributed by atoms with Crippen LogP contribution in [0.3, 0.4) is 0 Å². The van der Waals surface area contributed by atoms with E-state index in [0.29, 0.717) is 5.56 Å². The van der Waals surface area contributed by atoms with E-state index in [9.17, 15) is 4.79 Å². The van der Waals surface area contributed by atoms with Gasteiger partial charge >= 0.3 is 0 Å². The van der Waals surface area contributed by atoms with E-state index in [1.165, 1.54) is 11.3 Å². The van der Waals surface area contributed by atoms with Crippen molar-refractivity contribution in [3.05, 3.63) is 62.9 Å². The number of nitrogens with one attached hydrogen (secondary N) is 1. The standard InChI is InChI=1S/C15H10BrN3OS/c16-12-6-13(21-9-12)8-18-19-15(20)11-5-10-3-1-2-4-14(10)17-7-11/h1-9H,(H,19,20)/b18-8+. The highest BCUT2D eigenvalue weighted by molar-refractivity contribution is 9.10. The second-order valence-electron chi connectivity index (χ2n) is 4.28. The highest BCUT2D eigenvalue weighted by Gasteiger charge is 2.05. The molecule has 1 N–H and O–H groups in total. The number of carbonyl (C=O) groups is 1. The van der Waals surface area contributed by atoms with Crippen LogP contribution in [0.15, 0.2) is 57.5 Å². The molecule has 104 valence electrons. The lowest BCUT2D eigenvalue weighted by Gasteiger charge is -2.01. The van der Waals surface area contributed by atoms with E-state index in [1.807, 2.05) is 35.7 Å². The lowest BCUT2D eigenvalue weighted by atomic mass is 10.1. The summed E-state index contributed by atoms with van der Waals surface area (Å²) in [6.45, 7) is 0. The number of hydrogen-bond acceptors (Lipinski definition) is 4. The Morgan fingerprint density at radius 1 is 1.33 bits per heavy atom. The Labute approximate surface area is 133 Å². The van der Waals surface area contributed by atoms with Crippen LogP contribution in [0.2, 0.25) is 0 Å². The predicted molar refractivity (Wildman–Crippen MR) is 88.8 cm³/mol. The number of pyridine rings is 1. The van der Waals surface area contributed by atoms with Gasteiger partial charge in [-0.3, -0.25) is 9.78 Å². The van der Waals surface area contributed by atoms with Gasteiger partial charge in [-0.1, -0.05) is 18.2 Å². The number of rotatable bonds is 3. The highest BCUT2D eigenvalue weighted by Crippen LogP contribution is 2.17. The lowest BCUT2D eigenvalue weighted by Crippen LogP contribution is -2.17. The summed E-state index contributed by atoms with van der Waals surface area (Å²) in [6, 6.07) is 11.4. The Morgan fingerprint density at radius 2 is 2.19 bits per heavy atom. The molecule has 4 nitrogen and oxygen atoms in total. The van der Waals surface area contributed by atoms with Gasteiger partial charge in [-0.2, -0.15) is 5.10 Å². The normalized spacial score (nSPS) is 11.1. The van der Waals surface area contributed by atoms with Crippen LogP contribution in [0.1, 0.15) is 15.2 Å². The third kappa shape index (κ3) is 3.34. The molecule has 0 spiro atoms. The average Bonchev–Trinajstić information content (AvgIpc) is 2.92. The number of carbonyl (C=O) groups excluding carboxylic acids is 1. The molecule has 21 heavy (non-hydrogen) atoms. The number of hydrazone groups is 1. The fourth-order valence-electron chi connectivity index (χ4n) is 1.81. The molecule has 0 saturated carbocycles. The van der Waals surface area contributed by atoms with Crippen molar-refractivity contribution in [1.82, 2.24) is 10.4 Å². The summed E-state index contributed by atoms with van der Waals surface area (Å²) in [4.78, 5) is 17.2. The number of hydrogen-bond donors (Lipinski definition) is 1. The molecule has 0 fully saturated rings. The molecular weight excluding hydrogens is 350 g/mol. The molecule has 3 aromatic rings. The van der Waals surface area contributed by atoms with Gasteiger partial charge in [0.1, 0.15) is 0 Å². The molecule has 2 aromatic heterocycles. The van der Waals surface area contributed by atoms with Gasteiger partial charge in [0.15, 0.2) is 0 Å². The number of nitrogens with zero attached hydrogens (tertiary/aromatic N) is 2. The average molecular weight is 360 g/mol. The molecule has 1 aromatic carbocycles. The van der Waals surface area contributed by atoms with E-state index < -0.39 is 0 Å². The largest absolute Gasteiger partial charge is 0.272 e. The maximum atomic E-state index is 12.0. The molecule has 0 aliphatic carbocycles. The zero-order valence-corrected chi connectivity index (χ0v) is 13.2. The van der Waals surface area contributed by atoms with Crippen molar-refractivity contribution >= 4 is 50.3 Å². The lowest BCUT2D eigenvalue weighted by molar-refractivity contribution is 0.0955. The number of benzene rings is 1. The van der Waals surface area contributed by atoms with Crippen molar-refractivity contribution in [2.45, 2.75) is 0 Å². The first-order chi connectivity index (χ1) is 10.2. The molecule has 6 heteroatoms. The van der Waals surface area contributed by atoms with Crippen LogP contribution in [0, 0.1) is 0 Å². The van der Waals surface area contributed by atoms with Gasteiger partial charge in [0.2, 0.25) is 0 Å². The number of thiophene rings is 1. The SMILES string of the molecule is O=C(N/N=C/c1cc(Br)cs1)c1cnc2ccccc2c1. The maximum absolute atomic E-state index is 12.0. The fraction of sp³-hybridized carbons (Fsp3) is 0. The quantitative estimate of drug-likeness (QED) is 0.570. The van der Waals surface area contributed by atoms with E-state index >= 15 is 0 Å². The molecule has 0 unspecified atom stereocenters. The van der Waals surface area contributed by atoms with E-state index in [1.54, 1.807) is 18.5 Å². The van der Waals surface area contributed by atoms with E-state index in [4.69, 9.17) is 0 Å². The van der Waals surface area contributed by atoms with Gasteiger partial charge in [-0.25, -0.2) is 5.43 Å². The topological polar surface area (TPSA) is 54.4 Å². The Kier molecular flexibility index (Phi) is 4.08. The van der Waals surface area contributed by atoms with Gasteiger partial charge in [0, 0.05) is 26.3 Å². The van der Waals surface area contributed by atoms with Crippen LogP contribution in [0.5, 0.6) is 0 Å². The predicted octanol–water partition coefficient (Wildman–Crippen LogP) is 3.82. The zero-order chi connectivity index (χ0) is 14.7. The Morgan fingerprint density at radius 3 is 3.00 bits per heavy atom. The third-order valence-corrected chi connectivity index (χ3v) is 4.43. The second-order valence-corrected chi connectivity index (χ2v) is 6.14. The molecule has 0 aliphatic rings. The van der Waals surface area contributed by atoms with Crippen LogP contribution in [0.4, 0.5) is 0 Å². The van der Waals surface area contributed by atoms with E-state index in [-0.39, 0.29) is 5.91 Å². The molecule has 3 rings (SSSR count). The Balaban J connectivity index is 1.73. The third-order valence-electron chi connectivity index (χ3n) is 2.80. The van der Waals surface area contributed by atoms with Crippen LogP contribution in [-0.2, 0) is 0 Å². The minimum absolute atomic E-state index is 0.278. The second kappa shape index (κ2) is 6.15. The minimum Gasteiger partial charge on any atom is -0.267 e. The summed E-state index contributed by atoms with van der Waals surface area (Å²) in [5, 5.41) is 6.83. The molecule has 0 saturated heterocycles. The highest BCUT2D eigenvalue weighted by atomic mass is 79.9. The summed E-state index contributed by atoms with van der Waals surface area (Å²) in [5.74, 6) is -0.278. The zero-order valence-electron chi connectivity index (χ0n) is 10.8. The van der Waals surface area contributed by atoms with Crippen LogP contribution >= 0.6 is 27.3 Å². The van der Waals surface area contributed by atoms with Gasteiger partial charge < -0.3 is 0 Å². The fourth-order valence-corrected chi connectivity index (χ4v) is 3.11. The van der Waals surface area contributed by atoms with Gasteiger partial charge in [-0.15, -0.1) is 11.3 Å². The first-order valence-corrected chi connectivity index (χ1v) is 7.82. The minimum atomic E-state index is -0.278. The number of aromatic nitrogens is 1. The maximum Gasteiger partial charge on any atom is 0.272 e. The molecule has 0 atom stereocenters. The summed E-state index contributed by atoms with van der Waals surface area (Å²) in [5.41, 5.74) is 3.85. The molecular formula is C15H10BrN3OS. The van der Waals surface area contributed by atoms with Crippen molar-refractivity contribution < 1.29 is 4.79 Å². The summed E-state index contributed by atoms with van der Waals surface area (Å²) in [7, 11) is 0. The van der Waals surface area contributed by atoms with Crippen LogP contribution in [-0.4, -0.2) is 17.1 Å². The Hall–Kier alpha value is -2.05. The number of fused-ring (bicyclic) bond motifs is 1. The van der Waals surface area contributed by atoms with E-state index in [0.717, 1.165) is 20.3 Å². The first-order valence-electron chi connectivity index (χ1n) is 6.14. The molecule has 0 bridgehead atoms. The van der Waals surface area contributed by atoms with Gasteiger partial charge in [-0.05, 0) is 34.1 Å².